The molecule has 0 aliphatic carbocycles. The molecule has 0 radical (unpaired) electrons. The van der Waals surface area contributed by atoms with Gasteiger partial charge in [-0.2, -0.15) is 0 Å². The van der Waals surface area contributed by atoms with Gasteiger partial charge >= 0.3 is 0 Å². The minimum absolute atomic E-state index is 0.0564. The number of alkyl halides is 2. The van der Waals surface area contributed by atoms with Gasteiger partial charge in [-0.05, 0) is 18.1 Å². The summed E-state index contributed by atoms with van der Waals surface area (Å²) >= 11 is 6.01. The van der Waals surface area contributed by atoms with Crippen LogP contribution in [0.4, 0.5) is 0 Å². The van der Waals surface area contributed by atoms with E-state index in [0.717, 1.165) is 11.1 Å². The van der Waals surface area contributed by atoms with E-state index in [1.807, 2.05) is 31.2 Å². The van der Waals surface area contributed by atoms with Gasteiger partial charge in [-0.25, -0.2) is 8.42 Å². The standard InChI is InChI=1S/C9H10Br2O2S/c1-7-4-2-3-5-8(7)6-14(12,13)9(10)11/h2-5,9H,6H2,1H3. The Kier molecular flexibility index (Phi) is 4.15. The van der Waals surface area contributed by atoms with Gasteiger partial charge in [0.25, 0.3) is 0 Å². The van der Waals surface area contributed by atoms with Gasteiger partial charge in [0.2, 0.25) is 0 Å². The van der Waals surface area contributed by atoms with Crippen molar-refractivity contribution in [2.75, 3.05) is 0 Å². The maximum absolute atomic E-state index is 11.6. The largest absolute Gasteiger partial charge is 0.226 e. The number of hydrogen-bond donors (Lipinski definition) is 0. The van der Waals surface area contributed by atoms with Crippen LogP contribution in [0.2, 0.25) is 0 Å². The number of aryl methyl sites for hydroxylation is 1. The van der Waals surface area contributed by atoms with E-state index in [2.05, 4.69) is 31.9 Å². The highest BCUT2D eigenvalue weighted by Crippen LogP contribution is 2.22. The first-order valence-electron chi connectivity index (χ1n) is 3.98. The molecular weight excluding hydrogens is 332 g/mol. The molecular formula is C9H10Br2O2S. The molecule has 0 amide bonds. The van der Waals surface area contributed by atoms with Crippen molar-refractivity contribution >= 4 is 41.7 Å². The smallest absolute Gasteiger partial charge is 0.177 e. The zero-order chi connectivity index (χ0) is 10.8. The van der Waals surface area contributed by atoms with Gasteiger partial charge in [-0.3, -0.25) is 0 Å². The predicted molar refractivity (Wildman–Crippen MR) is 65.4 cm³/mol. The quantitative estimate of drug-likeness (QED) is 0.792. The second kappa shape index (κ2) is 4.77. The van der Waals surface area contributed by atoms with Crippen molar-refractivity contribution in [3.8, 4) is 0 Å². The Labute approximate surface area is 101 Å². The Balaban J connectivity index is 2.96. The second-order valence-electron chi connectivity index (χ2n) is 2.99. The normalized spacial score (nSPS) is 12.0. The van der Waals surface area contributed by atoms with E-state index in [9.17, 15) is 8.42 Å². The predicted octanol–water partition coefficient (Wildman–Crippen LogP) is 2.98. The first kappa shape index (κ1) is 12.2. The Morgan fingerprint density at radius 3 is 2.36 bits per heavy atom. The zero-order valence-corrected chi connectivity index (χ0v) is 11.6. The summed E-state index contributed by atoms with van der Waals surface area (Å²) in [7, 11) is -3.14. The molecule has 14 heavy (non-hydrogen) atoms. The van der Waals surface area contributed by atoms with Gasteiger partial charge < -0.3 is 0 Å². The third-order valence-electron chi connectivity index (χ3n) is 1.89. The van der Waals surface area contributed by atoms with Gasteiger partial charge in [0, 0.05) is 0 Å². The molecule has 0 N–H and O–H groups in total. The topological polar surface area (TPSA) is 34.1 Å². The summed E-state index contributed by atoms with van der Waals surface area (Å²) in [6, 6.07) is 7.47. The molecule has 0 unspecified atom stereocenters. The maximum Gasteiger partial charge on any atom is 0.177 e. The summed E-state index contributed by atoms with van der Waals surface area (Å²) in [6.45, 7) is 1.91. The highest BCUT2D eigenvalue weighted by atomic mass is 79.9. The number of hydrogen-bond acceptors (Lipinski definition) is 2. The second-order valence-corrected chi connectivity index (χ2v) is 9.35. The molecule has 0 saturated heterocycles. The van der Waals surface area contributed by atoms with Crippen LogP contribution in [-0.4, -0.2) is 11.5 Å². The van der Waals surface area contributed by atoms with E-state index in [1.165, 1.54) is 0 Å². The first-order chi connectivity index (χ1) is 6.43. The van der Waals surface area contributed by atoms with Gasteiger partial charge in [0.05, 0.1) is 5.75 Å². The molecule has 1 aromatic rings. The molecule has 0 aromatic heterocycles. The van der Waals surface area contributed by atoms with E-state index < -0.39 is 12.9 Å². The van der Waals surface area contributed by atoms with E-state index in [-0.39, 0.29) is 5.75 Å². The fraction of sp³-hybridized carbons (Fsp3) is 0.333. The van der Waals surface area contributed by atoms with Gasteiger partial charge in [-0.15, -0.1) is 0 Å². The fourth-order valence-electron chi connectivity index (χ4n) is 1.05. The number of rotatable bonds is 3. The summed E-state index contributed by atoms with van der Waals surface area (Å²) in [5.41, 5.74) is 1.84. The van der Waals surface area contributed by atoms with Gasteiger partial charge in [-0.1, -0.05) is 56.1 Å². The summed E-state index contributed by atoms with van der Waals surface area (Å²) in [6.07, 6.45) is 0. The van der Waals surface area contributed by atoms with E-state index in [4.69, 9.17) is 0 Å². The number of halogens is 2. The molecule has 1 rings (SSSR count). The van der Waals surface area contributed by atoms with Crippen LogP contribution in [0.1, 0.15) is 11.1 Å². The van der Waals surface area contributed by atoms with Crippen molar-refractivity contribution in [3.05, 3.63) is 35.4 Å². The molecule has 78 valence electrons. The lowest BCUT2D eigenvalue weighted by Crippen LogP contribution is -2.11. The lowest BCUT2D eigenvalue weighted by Gasteiger charge is -2.07. The highest BCUT2D eigenvalue weighted by molar-refractivity contribution is 9.27. The Morgan fingerprint density at radius 2 is 1.86 bits per heavy atom. The molecule has 0 spiro atoms. The molecule has 0 atom stereocenters. The zero-order valence-electron chi connectivity index (χ0n) is 7.57. The van der Waals surface area contributed by atoms with Crippen molar-refractivity contribution in [3.63, 3.8) is 0 Å². The number of benzene rings is 1. The minimum atomic E-state index is -3.14. The average Bonchev–Trinajstić information content (AvgIpc) is 2.08. The Morgan fingerprint density at radius 1 is 1.29 bits per heavy atom. The molecule has 5 heteroatoms. The Hall–Kier alpha value is 0.130. The molecule has 0 aliphatic rings. The third kappa shape index (κ3) is 3.07. The summed E-state index contributed by atoms with van der Waals surface area (Å²) in [4.78, 5) is 0. The van der Waals surface area contributed by atoms with Crippen molar-refractivity contribution in [1.82, 2.24) is 0 Å². The van der Waals surface area contributed by atoms with Crippen molar-refractivity contribution < 1.29 is 8.42 Å². The molecule has 2 nitrogen and oxygen atoms in total. The van der Waals surface area contributed by atoms with E-state index in [1.54, 1.807) is 0 Å². The first-order valence-corrected chi connectivity index (χ1v) is 7.52. The summed E-state index contributed by atoms with van der Waals surface area (Å²) in [5, 5.41) is 0. The van der Waals surface area contributed by atoms with Crippen LogP contribution < -0.4 is 0 Å². The van der Waals surface area contributed by atoms with Crippen LogP contribution in [0.15, 0.2) is 24.3 Å². The van der Waals surface area contributed by atoms with Crippen LogP contribution in [-0.2, 0) is 15.6 Å². The monoisotopic (exact) mass is 340 g/mol. The van der Waals surface area contributed by atoms with Crippen LogP contribution in [0, 0.1) is 6.92 Å². The lowest BCUT2D eigenvalue weighted by molar-refractivity contribution is 0.599. The lowest BCUT2D eigenvalue weighted by atomic mass is 10.1. The summed E-state index contributed by atoms with van der Waals surface area (Å²) < 4.78 is 22.4. The van der Waals surface area contributed by atoms with Crippen LogP contribution >= 0.6 is 31.9 Å². The average molecular weight is 342 g/mol. The van der Waals surface area contributed by atoms with Crippen LogP contribution in [0.5, 0.6) is 0 Å². The minimum Gasteiger partial charge on any atom is -0.226 e. The van der Waals surface area contributed by atoms with E-state index >= 15 is 0 Å². The fourth-order valence-corrected chi connectivity index (χ4v) is 2.73. The molecule has 1 aromatic carbocycles. The van der Waals surface area contributed by atoms with Crippen molar-refractivity contribution in [2.45, 2.75) is 15.7 Å². The third-order valence-corrected chi connectivity index (χ3v) is 6.56. The molecule has 0 saturated carbocycles. The SMILES string of the molecule is Cc1ccccc1CS(=O)(=O)C(Br)Br. The molecule has 0 aliphatic heterocycles. The van der Waals surface area contributed by atoms with Crippen LogP contribution in [0.25, 0.3) is 0 Å². The molecule has 0 heterocycles. The van der Waals surface area contributed by atoms with Crippen molar-refractivity contribution in [2.24, 2.45) is 0 Å². The number of sulfone groups is 1. The molecule has 0 bridgehead atoms. The van der Waals surface area contributed by atoms with Gasteiger partial charge in [0.15, 0.2) is 12.9 Å². The van der Waals surface area contributed by atoms with Crippen molar-refractivity contribution in [1.29, 1.82) is 0 Å². The molecule has 0 fully saturated rings. The summed E-state index contributed by atoms with van der Waals surface area (Å²) in [5.74, 6) is 0.0564. The Bertz CT molecular complexity index is 413. The van der Waals surface area contributed by atoms with Gasteiger partial charge in [0.1, 0.15) is 0 Å². The van der Waals surface area contributed by atoms with E-state index in [0.29, 0.717) is 0 Å². The highest BCUT2D eigenvalue weighted by Gasteiger charge is 2.20. The van der Waals surface area contributed by atoms with Crippen LogP contribution in [0.3, 0.4) is 0 Å². The maximum atomic E-state index is 11.6.